The predicted molar refractivity (Wildman–Crippen MR) is 41.9 cm³/mol. The molecule has 0 N–H and O–H groups in total. The second-order valence-electron chi connectivity index (χ2n) is 2.21. The molecular formula is C8H11NO3. The van der Waals surface area contributed by atoms with Gasteiger partial charge in [0.1, 0.15) is 6.26 Å². The molecule has 0 aliphatic carbocycles. The summed E-state index contributed by atoms with van der Waals surface area (Å²) in [4.78, 5) is 14.9. The standard InChI is InChI=1S/C8H11NO3/c1-2-11-5-3-7(10)8-9-4-6-12-8/h4,6H,2-3,5H2,1H3. The molecule has 0 bridgehead atoms. The molecule has 0 fully saturated rings. The second-order valence-corrected chi connectivity index (χ2v) is 2.21. The Labute approximate surface area is 70.5 Å². The number of nitrogens with zero attached hydrogens (tertiary/aromatic N) is 1. The van der Waals surface area contributed by atoms with Crippen LogP contribution in [0.4, 0.5) is 0 Å². The maximum absolute atomic E-state index is 11.1. The number of hydrogen-bond acceptors (Lipinski definition) is 4. The van der Waals surface area contributed by atoms with Crippen LogP contribution >= 0.6 is 0 Å². The first-order chi connectivity index (χ1) is 5.84. The summed E-state index contributed by atoms with van der Waals surface area (Å²) in [6, 6.07) is 0. The Morgan fingerprint density at radius 2 is 2.58 bits per heavy atom. The van der Waals surface area contributed by atoms with Crippen LogP contribution in [0, 0.1) is 0 Å². The number of aromatic nitrogens is 1. The molecule has 1 rings (SSSR count). The number of ketones is 1. The van der Waals surface area contributed by atoms with Gasteiger partial charge in [-0.2, -0.15) is 0 Å². The van der Waals surface area contributed by atoms with E-state index in [1.165, 1.54) is 12.5 Å². The van der Waals surface area contributed by atoms with Gasteiger partial charge in [-0.25, -0.2) is 4.98 Å². The average molecular weight is 169 g/mol. The Bertz CT molecular complexity index is 230. The van der Waals surface area contributed by atoms with Crippen molar-refractivity contribution < 1.29 is 13.9 Å². The molecule has 0 atom stereocenters. The van der Waals surface area contributed by atoms with Crippen molar-refractivity contribution in [1.82, 2.24) is 4.98 Å². The van der Waals surface area contributed by atoms with E-state index in [0.29, 0.717) is 19.6 Å². The topological polar surface area (TPSA) is 52.3 Å². The maximum Gasteiger partial charge on any atom is 0.263 e. The molecular weight excluding hydrogens is 158 g/mol. The van der Waals surface area contributed by atoms with Gasteiger partial charge >= 0.3 is 0 Å². The monoisotopic (exact) mass is 169 g/mol. The van der Waals surface area contributed by atoms with Crippen molar-refractivity contribution in [2.45, 2.75) is 13.3 Å². The first kappa shape index (κ1) is 8.93. The number of carbonyl (C=O) groups is 1. The van der Waals surface area contributed by atoms with Crippen LogP contribution in [0.5, 0.6) is 0 Å². The minimum atomic E-state index is -0.117. The Kier molecular flexibility index (Phi) is 3.47. The minimum Gasteiger partial charge on any atom is -0.442 e. The van der Waals surface area contributed by atoms with Crippen molar-refractivity contribution in [2.24, 2.45) is 0 Å². The van der Waals surface area contributed by atoms with Crippen LogP contribution in [0.25, 0.3) is 0 Å². The molecule has 4 nitrogen and oxygen atoms in total. The van der Waals surface area contributed by atoms with E-state index in [2.05, 4.69) is 4.98 Å². The van der Waals surface area contributed by atoms with Crippen molar-refractivity contribution in [3.8, 4) is 0 Å². The molecule has 12 heavy (non-hydrogen) atoms. The first-order valence-corrected chi connectivity index (χ1v) is 3.85. The molecule has 0 aliphatic heterocycles. The smallest absolute Gasteiger partial charge is 0.263 e. The molecule has 1 aromatic rings. The zero-order valence-corrected chi connectivity index (χ0v) is 6.95. The normalized spacial score (nSPS) is 10.1. The van der Waals surface area contributed by atoms with Gasteiger partial charge in [0.05, 0.1) is 12.8 Å². The van der Waals surface area contributed by atoms with E-state index in [1.54, 1.807) is 0 Å². The zero-order valence-electron chi connectivity index (χ0n) is 6.95. The molecule has 0 aromatic carbocycles. The van der Waals surface area contributed by atoms with Crippen molar-refractivity contribution in [3.63, 3.8) is 0 Å². The van der Waals surface area contributed by atoms with Gasteiger partial charge in [0.2, 0.25) is 5.78 Å². The summed E-state index contributed by atoms with van der Waals surface area (Å²) in [5.74, 6) is 0.0446. The third-order valence-corrected chi connectivity index (χ3v) is 1.35. The van der Waals surface area contributed by atoms with E-state index < -0.39 is 0 Å². The molecule has 0 saturated carbocycles. The van der Waals surface area contributed by atoms with Crippen molar-refractivity contribution in [3.05, 3.63) is 18.4 Å². The summed E-state index contributed by atoms with van der Waals surface area (Å²) < 4.78 is 9.82. The van der Waals surface area contributed by atoms with E-state index in [0.717, 1.165) is 0 Å². The highest BCUT2D eigenvalue weighted by Gasteiger charge is 2.09. The third kappa shape index (κ3) is 2.47. The fourth-order valence-corrected chi connectivity index (χ4v) is 0.777. The van der Waals surface area contributed by atoms with Crippen LogP contribution in [0.1, 0.15) is 24.0 Å². The lowest BCUT2D eigenvalue weighted by Crippen LogP contribution is -2.04. The number of carbonyl (C=O) groups excluding carboxylic acids is 1. The Hall–Kier alpha value is -1.16. The Morgan fingerprint density at radius 3 is 3.17 bits per heavy atom. The lowest BCUT2D eigenvalue weighted by molar-refractivity contribution is 0.0863. The van der Waals surface area contributed by atoms with Crippen molar-refractivity contribution in [2.75, 3.05) is 13.2 Å². The van der Waals surface area contributed by atoms with Gasteiger partial charge in [0.25, 0.3) is 5.89 Å². The van der Waals surface area contributed by atoms with Gasteiger partial charge < -0.3 is 9.15 Å². The van der Waals surface area contributed by atoms with Crippen LogP contribution in [-0.2, 0) is 4.74 Å². The van der Waals surface area contributed by atoms with E-state index in [1.807, 2.05) is 6.92 Å². The molecule has 1 aromatic heterocycles. The largest absolute Gasteiger partial charge is 0.442 e. The molecule has 0 spiro atoms. The lowest BCUT2D eigenvalue weighted by Gasteiger charge is -1.96. The summed E-state index contributed by atoms with van der Waals surface area (Å²) in [6.45, 7) is 2.94. The molecule has 4 heteroatoms. The van der Waals surface area contributed by atoms with Crippen LogP contribution in [0.15, 0.2) is 16.9 Å². The van der Waals surface area contributed by atoms with Crippen LogP contribution in [-0.4, -0.2) is 24.0 Å². The van der Waals surface area contributed by atoms with Crippen LogP contribution < -0.4 is 0 Å². The van der Waals surface area contributed by atoms with Gasteiger partial charge in [-0.1, -0.05) is 0 Å². The summed E-state index contributed by atoms with van der Waals surface area (Å²) in [6.07, 6.45) is 3.16. The Balaban J connectivity index is 2.30. The highest BCUT2D eigenvalue weighted by atomic mass is 16.5. The minimum absolute atomic E-state index is 0.117. The molecule has 1 heterocycles. The molecule has 0 saturated heterocycles. The third-order valence-electron chi connectivity index (χ3n) is 1.35. The van der Waals surface area contributed by atoms with Crippen molar-refractivity contribution >= 4 is 5.78 Å². The number of hydrogen-bond donors (Lipinski definition) is 0. The quantitative estimate of drug-likeness (QED) is 0.492. The number of Topliss-reactive ketones (excluding diaryl/α,β-unsaturated/α-hetero) is 1. The summed E-state index contributed by atoms with van der Waals surface area (Å²) in [5, 5.41) is 0. The molecule has 0 aliphatic rings. The lowest BCUT2D eigenvalue weighted by atomic mass is 10.3. The summed E-state index contributed by atoms with van der Waals surface area (Å²) in [7, 11) is 0. The number of rotatable bonds is 5. The van der Waals surface area contributed by atoms with E-state index in [9.17, 15) is 4.79 Å². The van der Waals surface area contributed by atoms with Gasteiger partial charge in [-0.05, 0) is 6.92 Å². The molecule has 66 valence electrons. The highest BCUT2D eigenvalue weighted by molar-refractivity contribution is 5.91. The van der Waals surface area contributed by atoms with Gasteiger partial charge in [0.15, 0.2) is 0 Å². The fraction of sp³-hybridized carbons (Fsp3) is 0.500. The van der Waals surface area contributed by atoms with Gasteiger partial charge in [0, 0.05) is 13.0 Å². The summed E-state index contributed by atoms with van der Waals surface area (Å²) >= 11 is 0. The molecule has 0 amide bonds. The van der Waals surface area contributed by atoms with E-state index in [4.69, 9.17) is 9.15 Å². The number of ether oxygens (including phenoxy) is 1. The summed E-state index contributed by atoms with van der Waals surface area (Å²) in [5.41, 5.74) is 0. The fourth-order valence-electron chi connectivity index (χ4n) is 0.777. The van der Waals surface area contributed by atoms with Crippen LogP contribution in [0.2, 0.25) is 0 Å². The van der Waals surface area contributed by atoms with E-state index >= 15 is 0 Å². The van der Waals surface area contributed by atoms with Gasteiger partial charge in [-0.15, -0.1) is 0 Å². The highest BCUT2D eigenvalue weighted by Crippen LogP contribution is 1.99. The zero-order chi connectivity index (χ0) is 8.81. The molecule has 0 radical (unpaired) electrons. The predicted octanol–water partition coefficient (Wildman–Crippen LogP) is 1.28. The maximum atomic E-state index is 11.1. The second kappa shape index (κ2) is 4.66. The SMILES string of the molecule is CCOCCC(=O)c1ncco1. The van der Waals surface area contributed by atoms with E-state index in [-0.39, 0.29) is 11.7 Å². The van der Waals surface area contributed by atoms with Gasteiger partial charge in [-0.3, -0.25) is 4.79 Å². The number of oxazole rings is 1. The average Bonchev–Trinajstić information content (AvgIpc) is 2.56. The van der Waals surface area contributed by atoms with Crippen LogP contribution in [0.3, 0.4) is 0 Å². The Morgan fingerprint density at radius 1 is 1.75 bits per heavy atom. The molecule has 0 unspecified atom stereocenters. The van der Waals surface area contributed by atoms with Crippen molar-refractivity contribution in [1.29, 1.82) is 0 Å². The first-order valence-electron chi connectivity index (χ1n) is 3.85.